The van der Waals surface area contributed by atoms with Gasteiger partial charge in [0.15, 0.2) is 0 Å². The molecular formula is C22H26Cl2N2O3S. The monoisotopic (exact) mass is 468 g/mol. The lowest BCUT2D eigenvalue weighted by atomic mass is 9.98. The van der Waals surface area contributed by atoms with Crippen molar-refractivity contribution in [2.45, 2.75) is 43.5 Å². The number of piperidine rings is 1. The van der Waals surface area contributed by atoms with Crippen molar-refractivity contribution in [2.24, 2.45) is 5.92 Å². The second-order valence-electron chi connectivity index (χ2n) is 7.76. The number of halogens is 2. The number of hydrogen-bond donors (Lipinski definition) is 1. The summed E-state index contributed by atoms with van der Waals surface area (Å²) in [6.07, 6.45) is 2.75. The second kappa shape index (κ2) is 10.1. The number of sulfonamides is 1. The Morgan fingerprint density at radius 1 is 1.07 bits per heavy atom. The van der Waals surface area contributed by atoms with Crippen molar-refractivity contribution in [2.75, 3.05) is 13.1 Å². The highest BCUT2D eigenvalue weighted by Crippen LogP contribution is 2.29. The van der Waals surface area contributed by atoms with Crippen LogP contribution in [0.15, 0.2) is 53.4 Å². The van der Waals surface area contributed by atoms with E-state index in [1.54, 1.807) is 11.0 Å². The molecule has 162 valence electrons. The summed E-state index contributed by atoms with van der Waals surface area (Å²) in [7, 11) is -4.08. The molecule has 30 heavy (non-hydrogen) atoms. The summed E-state index contributed by atoms with van der Waals surface area (Å²) in [5, 5.41) is 0.0483. The minimum Gasteiger partial charge on any atom is -0.341 e. The number of carbonyl (C=O) groups excluding carboxylic acids is 1. The van der Waals surface area contributed by atoms with E-state index in [1.807, 2.05) is 30.3 Å². The normalized spacial score (nSPS) is 16.4. The van der Waals surface area contributed by atoms with E-state index in [0.29, 0.717) is 31.8 Å². The average molecular weight is 469 g/mol. The average Bonchev–Trinajstić information content (AvgIpc) is 2.71. The predicted molar refractivity (Wildman–Crippen MR) is 120 cm³/mol. The highest BCUT2D eigenvalue weighted by atomic mass is 35.5. The fraction of sp³-hybridized carbons (Fsp3) is 0.409. The summed E-state index contributed by atoms with van der Waals surface area (Å²) < 4.78 is 28.8. The zero-order valence-corrected chi connectivity index (χ0v) is 19.2. The molecule has 3 rings (SSSR count). The van der Waals surface area contributed by atoms with Crippen LogP contribution in [0.2, 0.25) is 10.0 Å². The standard InChI is InChI=1S/C22H26Cl2N2O3S/c1-16-12-14-26(15-13-16)22(27)20(11-10-17-6-3-2-4-7-17)25-30(28,29)21-18(23)8-5-9-19(21)24/h2-9,16,20,25H,10-15H2,1H3. The Labute approximate surface area is 188 Å². The van der Waals surface area contributed by atoms with Crippen LogP contribution in [0.3, 0.4) is 0 Å². The van der Waals surface area contributed by atoms with E-state index >= 15 is 0 Å². The number of hydrogen-bond acceptors (Lipinski definition) is 3. The lowest BCUT2D eigenvalue weighted by Gasteiger charge is -2.33. The first-order chi connectivity index (χ1) is 14.3. The van der Waals surface area contributed by atoms with Gasteiger partial charge in [0, 0.05) is 13.1 Å². The van der Waals surface area contributed by atoms with E-state index < -0.39 is 16.1 Å². The highest BCUT2D eigenvalue weighted by Gasteiger charge is 2.32. The molecule has 0 bridgehead atoms. The van der Waals surface area contributed by atoms with E-state index in [4.69, 9.17) is 23.2 Å². The number of aryl methyl sites for hydroxylation is 1. The van der Waals surface area contributed by atoms with Crippen molar-refractivity contribution in [3.63, 3.8) is 0 Å². The summed E-state index contributed by atoms with van der Waals surface area (Å²) in [6, 6.07) is 13.3. The van der Waals surface area contributed by atoms with Gasteiger partial charge in [0.2, 0.25) is 15.9 Å². The van der Waals surface area contributed by atoms with Crippen LogP contribution >= 0.6 is 23.2 Å². The third-order valence-corrected chi connectivity index (χ3v) is 7.87. The van der Waals surface area contributed by atoms with Crippen LogP contribution in [0.5, 0.6) is 0 Å². The quantitative estimate of drug-likeness (QED) is 0.648. The Balaban J connectivity index is 1.83. The number of nitrogens with zero attached hydrogens (tertiary/aromatic N) is 1. The van der Waals surface area contributed by atoms with Gasteiger partial charge in [-0.25, -0.2) is 8.42 Å². The van der Waals surface area contributed by atoms with E-state index in [2.05, 4.69) is 11.6 Å². The maximum atomic E-state index is 13.2. The zero-order chi connectivity index (χ0) is 21.7. The number of nitrogens with one attached hydrogen (secondary N) is 1. The molecule has 1 aliphatic rings. The van der Waals surface area contributed by atoms with Gasteiger partial charge in [-0.15, -0.1) is 0 Å². The molecule has 1 saturated heterocycles. The molecule has 1 aliphatic heterocycles. The fourth-order valence-corrected chi connectivity index (χ4v) is 5.99. The SMILES string of the molecule is CC1CCN(C(=O)C(CCc2ccccc2)NS(=O)(=O)c2c(Cl)cccc2Cl)CC1. The molecule has 1 fully saturated rings. The van der Waals surface area contributed by atoms with Crippen LogP contribution < -0.4 is 4.72 Å². The Bertz CT molecular complexity index is 955. The molecule has 1 heterocycles. The van der Waals surface area contributed by atoms with Crippen molar-refractivity contribution >= 4 is 39.1 Å². The first-order valence-electron chi connectivity index (χ1n) is 10.1. The van der Waals surface area contributed by atoms with Gasteiger partial charge in [-0.2, -0.15) is 4.72 Å². The number of amides is 1. The highest BCUT2D eigenvalue weighted by molar-refractivity contribution is 7.89. The van der Waals surface area contributed by atoms with Gasteiger partial charge < -0.3 is 4.90 Å². The number of likely N-dealkylation sites (tertiary alicyclic amines) is 1. The number of benzene rings is 2. The van der Waals surface area contributed by atoms with Crippen molar-refractivity contribution in [1.82, 2.24) is 9.62 Å². The minimum absolute atomic E-state index is 0.0241. The number of carbonyl (C=O) groups is 1. The summed E-state index contributed by atoms with van der Waals surface area (Å²) in [5.41, 5.74) is 1.04. The molecule has 0 spiro atoms. The molecule has 0 aromatic heterocycles. The molecule has 2 aromatic carbocycles. The summed E-state index contributed by atoms with van der Waals surface area (Å²) >= 11 is 12.2. The van der Waals surface area contributed by atoms with Gasteiger partial charge in [-0.1, -0.05) is 66.5 Å². The first-order valence-corrected chi connectivity index (χ1v) is 12.3. The van der Waals surface area contributed by atoms with E-state index in [-0.39, 0.29) is 20.8 Å². The van der Waals surface area contributed by atoms with Crippen LogP contribution in [-0.4, -0.2) is 38.4 Å². The lowest BCUT2D eigenvalue weighted by Crippen LogP contribution is -2.50. The topological polar surface area (TPSA) is 66.5 Å². The zero-order valence-electron chi connectivity index (χ0n) is 16.9. The molecule has 0 aliphatic carbocycles. The lowest BCUT2D eigenvalue weighted by molar-refractivity contribution is -0.134. The fourth-order valence-electron chi connectivity index (χ4n) is 3.62. The van der Waals surface area contributed by atoms with Crippen LogP contribution in [0, 0.1) is 5.92 Å². The predicted octanol–water partition coefficient (Wildman–Crippen LogP) is 4.53. The van der Waals surface area contributed by atoms with E-state index in [0.717, 1.165) is 18.4 Å². The van der Waals surface area contributed by atoms with Crippen molar-refractivity contribution < 1.29 is 13.2 Å². The Morgan fingerprint density at radius 2 is 1.67 bits per heavy atom. The van der Waals surface area contributed by atoms with Gasteiger partial charge in [-0.3, -0.25) is 4.79 Å². The van der Waals surface area contributed by atoms with Gasteiger partial charge in [-0.05, 0) is 49.3 Å². The second-order valence-corrected chi connectivity index (χ2v) is 10.2. The molecule has 1 atom stereocenters. The van der Waals surface area contributed by atoms with Crippen molar-refractivity contribution in [3.05, 3.63) is 64.1 Å². The van der Waals surface area contributed by atoms with Crippen molar-refractivity contribution in [3.8, 4) is 0 Å². The molecule has 0 saturated carbocycles. The molecule has 1 N–H and O–H groups in total. The Morgan fingerprint density at radius 3 is 2.27 bits per heavy atom. The minimum atomic E-state index is -4.08. The summed E-state index contributed by atoms with van der Waals surface area (Å²) in [5.74, 6) is 0.361. The maximum Gasteiger partial charge on any atom is 0.244 e. The van der Waals surface area contributed by atoms with E-state index in [1.165, 1.54) is 12.1 Å². The molecule has 8 heteroatoms. The van der Waals surface area contributed by atoms with Gasteiger partial charge in [0.25, 0.3) is 0 Å². The summed E-state index contributed by atoms with van der Waals surface area (Å²) in [6.45, 7) is 3.43. The Hall–Kier alpha value is -1.60. The smallest absolute Gasteiger partial charge is 0.244 e. The molecular weight excluding hydrogens is 443 g/mol. The molecule has 2 aromatic rings. The van der Waals surface area contributed by atoms with E-state index in [9.17, 15) is 13.2 Å². The van der Waals surface area contributed by atoms with Gasteiger partial charge in [0.1, 0.15) is 10.9 Å². The van der Waals surface area contributed by atoms with Crippen molar-refractivity contribution in [1.29, 1.82) is 0 Å². The van der Waals surface area contributed by atoms with Gasteiger partial charge >= 0.3 is 0 Å². The molecule has 1 amide bonds. The summed E-state index contributed by atoms with van der Waals surface area (Å²) in [4.78, 5) is 14.8. The molecule has 0 radical (unpaired) electrons. The number of rotatable bonds is 7. The molecule has 1 unspecified atom stereocenters. The largest absolute Gasteiger partial charge is 0.341 e. The first kappa shape index (κ1) is 23.1. The maximum absolute atomic E-state index is 13.2. The third kappa shape index (κ3) is 5.76. The van der Waals surface area contributed by atoms with Crippen LogP contribution in [0.1, 0.15) is 31.7 Å². The third-order valence-electron chi connectivity index (χ3n) is 5.44. The van der Waals surface area contributed by atoms with Gasteiger partial charge in [0.05, 0.1) is 10.0 Å². The van der Waals surface area contributed by atoms with Crippen LogP contribution in [0.25, 0.3) is 0 Å². The Kier molecular flexibility index (Phi) is 7.80. The van der Waals surface area contributed by atoms with Crippen LogP contribution in [0.4, 0.5) is 0 Å². The van der Waals surface area contributed by atoms with Crippen LogP contribution in [-0.2, 0) is 21.2 Å². The molecule has 5 nitrogen and oxygen atoms in total.